The van der Waals surface area contributed by atoms with Gasteiger partial charge in [-0.25, -0.2) is 9.78 Å². The van der Waals surface area contributed by atoms with Crippen molar-refractivity contribution in [3.05, 3.63) is 65.1 Å². The van der Waals surface area contributed by atoms with Crippen LogP contribution in [0.5, 0.6) is 0 Å². The van der Waals surface area contributed by atoms with E-state index in [2.05, 4.69) is 20.9 Å². The lowest BCUT2D eigenvalue weighted by Crippen LogP contribution is -2.23. The molecule has 7 nitrogen and oxygen atoms in total. The van der Waals surface area contributed by atoms with Crippen LogP contribution in [0.15, 0.2) is 52.5 Å². The highest BCUT2D eigenvalue weighted by atomic mass is 32.1. The second kappa shape index (κ2) is 7.63. The molecule has 8 heteroatoms. The number of aryl methyl sites for hydroxylation is 1. The van der Waals surface area contributed by atoms with Gasteiger partial charge in [-0.2, -0.15) is 0 Å². The number of thiazole rings is 1. The molecule has 0 spiro atoms. The lowest BCUT2D eigenvalue weighted by Gasteiger charge is -2.05. The summed E-state index contributed by atoms with van der Waals surface area (Å²) in [7, 11) is 0. The fraction of sp³-hybridized carbons (Fsp3) is 0.118. The van der Waals surface area contributed by atoms with Crippen molar-refractivity contribution in [3.8, 4) is 0 Å². The van der Waals surface area contributed by atoms with Crippen molar-refractivity contribution in [3.63, 3.8) is 0 Å². The first-order valence-electron chi connectivity index (χ1n) is 7.51. The van der Waals surface area contributed by atoms with Crippen molar-refractivity contribution in [2.75, 3.05) is 10.6 Å². The minimum absolute atomic E-state index is 0.238. The van der Waals surface area contributed by atoms with Crippen molar-refractivity contribution >= 4 is 34.1 Å². The van der Waals surface area contributed by atoms with Crippen LogP contribution in [-0.2, 0) is 6.54 Å². The summed E-state index contributed by atoms with van der Waals surface area (Å²) in [5.74, 6) is 0.319. The summed E-state index contributed by atoms with van der Waals surface area (Å²) in [4.78, 5) is 28.1. The fourth-order valence-electron chi connectivity index (χ4n) is 2.09. The van der Waals surface area contributed by atoms with Gasteiger partial charge in [-0.3, -0.25) is 10.1 Å². The molecule has 0 radical (unpaired) electrons. The van der Waals surface area contributed by atoms with Crippen molar-refractivity contribution in [1.82, 2.24) is 10.3 Å². The first-order chi connectivity index (χ1) is 12.1. The van der Waals surface area contributed by atoms with Crippen molar-refractivity contribution in [1.29, 1.82) is 0 Å². The average Bonchev–Trinajstić information content (AvgIpc) is 3.24. The van der Waals surface area contributed by atoms with E-state index >= 15 is 0 Å². The predicted octanol–water partition coefficient (Wildman–Crippen LogP) is 3.62. The van der Waals surface area contributed by atoms with Gasteiger partial charge in [0.05, 0.1) is 12.8 Å². The molecule has 0 saturated heterocycles. The smallest absolute Gasteiger partial charge is 0.325 e. The molecule has 0 bridgehead atoms. The molecule has 25 heavy (non-hydrogen) atoms. The molecule has 3 aromatic rings. The van der Waals surface area contributed by atoms with Gasteiger partial charge in [0.2, 0.25) is 0 Å². The quantitative estimate of drug-likeness (QED) is 0.650. The number of amides is 3. The number of benzene rings is 1. The Hall–Kier alpha value is -3.13. The van der Waals surface area contributed by atoms with E-state index in [4.69, 9.17) is 4.42 Å². The predicted molar refractivity (Wildman–Crippen MR) is 95.8 cm³/mol. The molecular formula is C17H16N4O3S. The third kappa shape index (κ3) is 4.67. The molecule has 0 fully saturated rings. The number of aromatic nitrogens is 1. The van der Waals surface area contributed by atoms with Gasteiger partial charge in [-0.15, -0.1) is 11.3 Å². The maximum absolute atomic E-state index is 12.0. The molecule has 0 aliphatic rings. The first-order valence-corrected chi connectivity index (χ1v) is 8.39. The molecular weight excluding hydrogens is 340 g/mol. The van der Waals surface area contributed by atoms with Gasteiger partial charge < -0.3 is 15.1 Å². The Bertz CT molecular complexity index is 874. The summed E-state index contributed by atoms with van der Waals surface area (Å²) in [6.45, 7) is 2.22. The molecule has 0 atom stereocenters. The lowest BCUT2D eigenvalue weighted by atomic mass is 10.2. The molecule has 0 saturated carbocycles. The van der Waals surface area contributed by atoms with E-state index in [1.54, 1.807) is 29.8 Å². The van der Waals surface area contributed by atoms with Crippen LogP contribution in [0, 0.1) is 6.92 Å². The Labute approximate surface area is 148 Å². The molecule has 0 aliphatic carbocycles. The number of hydrogen-bond acceptors (Lipinski definition) is 5. The molecule has 0 aliphatic heterocycles. The first kappa shape index (κ1) is 16.7. The largest absolute Gasteiger partial charge is 0.467 e. The van der Waals surface area contributed by atoms with Crippen LogP contribution in [0.2, 0.25) is 0 Å². The molecule has 2 heterocycles. The SMILES string of the molecule is Cc1cccc(NC(=O)Nc2nc(C(=O)NCc3ccco3)cs2)c1. The number of carbonyl (C=O) groups excluding carboxylic acids is 2. The van der Waals surface area contributed by atoms with Crippen LogP contribution in [0.25, 0.3) is 0 Å². The average molecular weight is 356 g/mol. The van der Waals surface area contributed by atoms with E-state index in [0.29, 0.717) is 16.6 Å². The zero-order chi connectivity index (χ0) is 17.6. The Morgan fingerprint density at radius 3 is 2.84 bits per heavy atom. The number of furan rings is 1. The molecule has 3 rings (SSSR count). The minimum Gasteiger partial charge on any atom is -0.467 e. The van der Waals surface area contributed by atoms with E-state index < -0.39 is 6.03 Å². The van der Waals surface area contributed by atoms with Gasteiger partial charge in [0.25, 0.3) is 5.91 Å². The van der Waals surface area contributed by atoms with Crippen molar-refractivity contribution in [2.24, 2.45) is 0 Å². The molecule has 3 amide bonds. The standard InChI is InChI=1S/C17H16N4O3S/c1-11-4-2-5-12(8-11)19-16(23)21-17-20-14(10-25-17)15(22)18-9-13-6-3-7-24-13/h2-8,10H,9H2,1H3,(H,18,22)(H2,19,20,21,23). The summed E-state index contributed by atoms with van der Waals surface area (Å²) in [6, 6.07) is 10.6. The third-order valence-corrected chi connectivity index (χ3v) is 3.99. The molecule has 128 valence electrons. The monoisotopic (exact) mass is 356 g/mol. The van der Waals surface area contributed by atoms with Crippen molar-refractivity contribution in [2.45, 2.75) is 13.5 Å². The summed E-state index contributed by atoms with van der Waals surface area (Å²) in [6.07, 6.45) is 1.54. The highest BCUT2D eigenvalue weighted by Crippen LogP contribution is 2.16. The van der Waals surface area contributed by atoms with Crippen LogP contribution in [0.4, 0.5) is 15.6 Å². The Morgan fingerprint density at radius 2 is 2.08 bits per heavy atom. The normalized spacial score (nSPS) is 10.3. The molecule has 1 aromatic carbocycles. The molecule has 3 N–H and O–H groups in total. The van der Waals surface area contributed by atoms with Crippen LogP contribution >= 0.6 is 11.3 Å². The fourth-order valence-corrected chi connectivity index (χ4v) is 2.77. The topological polar surface area (TPSA) is 96.3 Å². The number of carbonyl (C=O) groups is 2. The molecule has 0 unspecified atom stereocenters. The number of nitrogens with zero attached hydrogens (tertiary/aromatic N) is 1. The number of urea groups is 1. The van der Waals surface area contributed by atoms with E-state index in [1.165, 1.54) is 11.3 Å². The second-order valence-corrected chi connectivity index (χ2v) is 6.11. The summed E-state index contributed by atoms with van der Waals surface area (Å²) >= 11 is 1.18. The zero-order valence-electron chi connectivity index (χ0n) is 13.4. The third-order valence-electron chi connectivity index (χ3n) is 3.24. The van der Waals surface area contributed by atoms with Gasteiger partial charge in [0.15, 0.2) is 5.13 Å². The van der Waals surface area contributed by atoms with E-state index in [-0.39, 0.29) is 18.1 Å². The van der Waals surface area contributed by atoms with Crippen LogP contribution in [0.1, 0.15) is 21.8 Å². The van der Waals surface area contributed by atoms with Crippen LogP contribution in [0.3, 0.4) is 0 Å². The number of hydrogen-bond donors (Lipinski definition) is 3. The van der Waals surface area contributed by atoms with E-state index in [1.807, 2.05) is 25.1 Å². The van der Waals surface area contributed by atoms with Crippen molar-refractivity contribution < 1.29 is 14.0 Å². The maximum Gasteiger partial charge on any atom is 0.325 e. The van der Waals surface area contributed by atoms with E-state index in [0.717, 1.165) is 5.56 Å². The van der Waals surface area contributed by atoms with Crippen LogP contribution < -0.4 is 16.0 Å². The summed E-state index contributed by atoms with van der Waals surface area (Å²) < 4.78 is 5.14. The highest BCUT2D eigenvalue weighted by Gasteiger charge is 2.12. The highest BCUT2D eigenvalue weighted by molar-refractivity contribution is 7.14. The molecule has 2 aromatic heterocycles. The number of nitrogens with one attached hydrogen (secondary N) is 3. The lowest BCUT2D eigenvalue weighted by molar-refractivity contribution is 0.0944. The van der Waals surface area contributed by atoms with Gasteiger partial charge in [0, 0.05) is 11.1 Å². The van der Waals surface area contributed by atoms with Gasteiger partial charge in [-0.05, 0) is 36.8 Å². The number of rotatable bonds is 5. The second-order valence-electron chi connectivity index (χ2n) is 5.25. The van der Waals surface area contributed by atoms with E-state index in [9.17, 15) is 9.59 Å². The van der Waals surface area contributed by atoms with Crippen LogP contribution in [-0.4, -0.2) is 16.9 Å². The summed E-state index contributed by atoms with van der Waals surface area (Å²) in [5.41, 5.74) is 1.97. The maximum atomic E-state index is 12.0. The zero-order valence-corrected chi connectivity index (χ0v) is 14.2. The van der Waals surface area contributed by atoms with Gasteiger partial charge in [-0.1, -0.05) is 12.1 Å². The Kier molecular flexibility index (Phi) is 5.10. The Balaban J connectivity index is 1.53. The van der Waals surface area contributed by atoms with Gasteiger partial charge >= 0.3 is 6.03 Å². The minimum atomic E-state index is -0.414. The summed E-state index contributed by atoms with van der Waals surface area (Å²) in [5, 5.41) is 9.95. The van der Waals surface area contributed by atoms with Gasteiger partial charge in [0.1, 0.15) is 11.5 Å². The number of anilines is 2. The Morgan fingerprint density at radius 1 is 1.20 bits per heavy atom.